The molecule has 0 spiro atoms. The van der Waals surface area contributed by atoms with E-state index in [9.17, 15) is 4.57 Å². The molecule has 3 saturated carbocycles. The van der Waals surface area contributed by atoms with Crippen molar-refractivity contribution in [1.82, 2.24) is 9.34 Å². The highest BCUT2D eigenvalue weighted by Crippen LogP contribution is 2.68. The van der Waals surface area contributed by atoms with E-state index in [1.807, 2.05) is 0 Å². The van der Waals surface area contributed by atoms with Crippen molar-refractivity contribution in [2.24, 2.45) is 46.3 Å². The van der Waals surface area contributed by atoms with Crippen LogP contribution in [-0.2, 0) is 9.09 Å². The van der Waals surface area contributed by atoms with Gasteiger partial charge in [-0.05, 0) is 97.7 Å². The van der Waals surface area contributed by atoms with Crippen LogP contribution in [0.15, 0.2) is 11.6 Å². The zero-order chi connectivity index (χ0) is 25.3. The lowest BCUT2D eigenvalue weighted by molar-refractivity contribution is -0.0562. The van der Waals surface area contributed by atoms with Crippen molar-refractivity contribution >= 4 is 7.67 Å². The molecule has 0 amide bonds. The van der Waals surface area contributed by atoms with Gasteiger partial charge in [-0.3, -0.25) is 4.57 Å². The molecule has 4 aliphatic carbocycles. The Morgan fingerprint density at radius 1 is 0.972 bits per heavy atom. The van der Waals surface area contributed by atoms with Gasteiger partial charge in [0.1, 0.15) is 0 Å². The summed E-state index contributed by atoms with van der Waals surface area (Å²) < 4.78 is 24.3. The van der Waals surface area contributed by atoms with E-state index in [1.165, 1.54) is 57.8 Å². The smallest absolute Gasteiger partial charge is 0.302 e. The molecule has 2 saturated heterocycles. The fraction of sp³-hybridized carbons (Fsp3) is 0.935. The van der Waals surface area contributed by atoms with Crippen LogP contribution in [0.25, 0.3) is 0 Å². The van der Waals surface area contributed by atoms with E-state index in [1.54, 1.807) is 5.57 Å². The second-order valence-corrected chi connectivity index (χ2v) is 17.0. The second-order valence-electron chi connectivity index (χ2n) is 14.7. The van der Waals surface area contributed by atoms with Gasteiger partial charge in [0.05, 0.1) is 6.10 Å². The van der Waals surface area contributed by atoms with Gasteiger partial charge in [0.25, 0.3) is 0 Å². The molecule has 5 heteroatoms. The van der Waals surface area contributed by atoms with Crippen LogP contribution in [0.4, 0.5) is 0 Å². The molecule has 0 aromatic carbocycles. The van der Waals surface area contributed by atoms with Gasteiger partial charge in [0, 0.05) is 26.2 Å². The monoisotopic (exact) mass is 516 g/mol. The van der Waals surface area contributed by atoms with E-state index >= 15 is 0 Å². The SMILES string of the molecule is CC(C)CCC[C@@H](C)[C@@H]1CC[C@@H]2[C@H]3CC=C4C[C@@H](OP(=O)(N5CC5)N5CC5)CC[C@]4(C)[C@@H]3CC[C@]21C. The van der Waals surface area contributed by atoms with Crippen LogP contribution in [0.5, 0.6) is 0 Å². The molecule has 0 unspecified atom stereocenters. The third kappa shape index (κ3) is 4.43. The van der Waals surface area contributed by atoms with Crippen LogP contribution < -0.4 is 0 Å². The molecule has 8 atom stereocenters. The molecule has 0 aromatic rings. The molecule has 6 rings (SSSR count). The molecular weight excluding hydrogens is 463 g/mol. The molecule has 2 aliphatic heterocycles. The zero-order valence-corrected chi connectivity index (χ0v) is 24.8. The van der Waals surface area contributed by atoms with Gasteiger partial charge in [-0.25, -0.2) is 9.34 Å². The Labute approximate surface area is 221 Å². The summed E-state index contributed by atoms with van der Waals surface area (Å²) in [6.07, 6.45) is 17.5. The van der Waals surface area contributed by atoms with E-state index in [-0.39, 0.29) is 6.10 Å². The standard InChI is InChI=1S/C31H53N2O2P/c1-22(2)7-6-8-23(3)27-11-12-28-26-10-9-24-21-25(35-36(34,32-17-18-32)33-19-20-33)13-15-30(24,4)29(26)14-16-31(27,28)5/h9,22-23,25-29H,6-8,10-21H2,1-5H3/t23-,25+,26-,27+,28-,29-,30+,31+/m1/s1. The lowest BCUT2D eigenvalue weighted by atomic mass is 9.47. The highest BCUT2D eigenvalue weighted by Gasteiger charge is 2.59. The summed E-state index contributed by atoms with van der Waals surface area (Å²) in [7, 11) is -2.72. The predicted molar refractivity (Wildman–Crippen MR) is 149 cm³/mol. The van der Waals surface area contributed by atoms with Crippen molar-refractivity contribution in [3.8, 4) is 0 Å². The molecule has 0 bridgehead atoms. The molecule has 4 nitrogen and oxygen atoms in total. The Morgan fingerprint density at radius 2 is 1.69 bits per heavy atom. The number of nitrogens with zero attached hydrogens (tertiary/aromatic N) is 2. The summed E-state index contributed by atoms with van der Waals surface area (Å²) in [5.74, 6) is 5.30. The van der Waals surface area contributed by atoms with Gasteiger partial charge in [0.2, 0.25) is 0 Å². The van der Waals surface area contributed by atoms with Gasteiger partial charge >= 0.3 is 7.67 Å². The van der Waals surface area contributed by atoms with Crippen LogP contribution in [0.3, 0.4) is 0 Å². The normalized spacial score (nSPS) is 43.5. The van der Waals surface area contributed by atoms with Crippen molar-refractivity contribution in [1.29, 1.82) is 0 Å². The summed E-state index contributed by atoms with van der Waals surface area (Å²) in [4.78, 5) is 0. The van der Waals surface area contributed by atoms with E-state index in [2.05, 4.69) is 50.0 Å². The summed E-state index contributed by atoms with van der Waals surface area (Å²) in [6, 6.07) is 0. The first-order valence-corrected chi connectivity index (χ1v) is 17.2. The van der Waals surface area contributed by atoms with Crippen LogP contribution in [0.2, 0.25) is 0 Å². The highest BCUT2D eigenvalue weighted by atomic mass is 31.2. The van der Waals surface area contributed by atoms with Crippen LogP contribution in [0.1, 0.15) is 105 Å². The second kappa shape index (κ2) is 9.50. The maximum atomic E-state index is 13.6. The third-order valence-corrected chi connectivity index (χ3v) is 14.9. The third-order valence-electron chi connectivity index (χ3n) is 12.1. The maximum absolute atomic E-state index is 13.6. The number of hydrogen-bond donors (Lipinski definition) is 0. The van der Waals surface area contributed by atoms with Crippen molar-refractivity contribution in [3.63, 3.8) is 0 Å². The van der Waals surface area contributed by atoms with E-state index in [0.29, 0.717) is 10.8 Å². The molecule has 0 radical (unpaired) electrons. The number of fused-ring (bicyclic) bond motifs is 5. The van der Waals surface area contributed by atoms with Crippen molar-refractivity contribution in [2.75, 3.05) is 26.2 Å². The van der Waals surface area contributed by atoms with Gasteiger partial charge in [-0.15, -0.1) is 0 Å². The molecule has 2 heterocycles. The Bertz CT molecular complexity index is 894. The zero-order valence-electron chi connectivity index (χ0n) is 23.9. The molecule has 6 aliphatic rings. The molecule has 36 heavy (non-hydrogen) atoms. The fourth-order valence-corrected chi connectivity index (χ4v) is 12.2. The fourth-order valence-electron chi connectivity index (χ4n) is 9.84. The summed E-state index contributed by atoms with van der Waals surface area (Å²) in [6.45, 7) is 16.4. The lowest BCUT2D eigenvalue weighted by Crippen LogP contribution is -2.51. The largest absolute Gasteiger partial charge is 0.346 e. The minimum atomic E-state index is -2.72. The Balaban J connectivity index is 1.14. The maximum Gasteiger partial charge on any atom is 0.346 e. The van der Waals surface area contributed by atoms with E-state index < -0.39 is 7.67 Å². The van der Waals surface area contributed by atoms with Gasteiger partial charge < -0.3 is 4.52 Å². The Kier molecular flexibility index (Phi) is 6.88. The van der Waals surface area contributed by atoms with Crippen molar-refractivity contribution in [2.45, 2.75) is 111 Å². The molecule has 0 aromatic heterocycles. The topological polar surface area (TPSA) is 32.3 Å². The van der Waals surface area contributed by atoms with Crippen LogP contribution in [0, 0.1) is 46.3 Å². The number of allylic oxidation sites excluding steroid dienone is 1. The first kappa shape index (κ1) is 26.1. The van der Waals surface area contributed by atoms with Gasteiger partial charge in [-0.2, -0.15) is 0 Å². The summed E-state index contributed by atoms with van der Waals surface area (Å²) in [5.41, 5.74) is 2.56. The minimum absolute atomic E-state index is 0.143. The first-order valence-electron chi connectivity index (χ1n) is 15.6. The molecule has 0 N–H and O–H groups in total. The quantitative estimate of drug-likeness (QED) is 0.176. The summed E-state index contributed by atoms with van der Waals surface area (Å²) >= 11 is 0. The average Bonchev–Trinajstić information content (AvgIpc) is 3.73. The van der Waals surface area contributed by atoms with Crippen molar-refractivity contribution < 1.29 is 9.09 Å². The van der Waals surface area contributed by atoms with Gasteiger partial charge in [-0.1, -0.05) is 65.5 Å². The highest BCUT2D eigenvalue weighted by molar-refractivity contribution is 7.54. The Morgan fingerprint density at radius 3 is 2.36 bits per heavy atom. The van der Waals surface area contributed by atoms with Crippen LogP contribution in [-0.4, -0.2) is 41.6 Å². The van der Waals surface area contributed by atoms with Gasteiger partial charge in [0.15, 0.2) is 0 Å². The number of hydrogen-bond acceptors (Lipinski definition) is 2. The average molecular weight is 517 g/mol. The summed E-state index contributed by atoms with van der Waals surface area (Å²) in [5, 5.41) is 0. The van der Waals surface area contributed by atoms with Crippen molar-refractivity contribution in [3.05, 3.63) is 11.6 Å². The molecule has 5 fully saturated rings. The molecular formula is C31H53N2O2P. The Hall–Kier alpha value is -0.150. The predicted octanol–water partition coefficient (Wildman–Crippen LogP) is 8.15. The van der Waals surface area contributed by atoms with Crippen LogP contribution >= 0.6 is 7.67 Å². The first-order chi connectivity index (χ1) is 17.1. The molecule has 204 valence electrons. The van der Waals surface area contributed by atoms with E-state index in [4.69, 9.17) is 4.52 Å². The minimum Gasteiger partial charge on any atom is -0.302 e. The van der Waals surface area contributed by atoms with E-state index in [0.717, 1.165) is 74.5 Å². The number of rotatable bonds is 9. The lowest BCUT2D eigenvalue weighted by Gasteiger charge is -2.58.